The number of aliphatic carboxylic acids is 1. The number of rotatable bonds is 4. The van der Waals surface area contributed by atoms with Crippen LogP contribution in [0.1, 0.15) is 11.1 Å². The number of halogens is 2. The minimum atomic E-state index is -1.16. The Morgan fingerprint density at radius 3 is 2.76 bits per heavy atom. The fourth-order valence-corrected chi connectivity index (χ4v) is 1.73. The molecule has 1 rings (SSSR count). The molecule has 17 heavy (non-hydrogen) atoms. The van der Waals surface area contributed by atoms with Crippen LogP contribution in [-0.2, 0) is 11.2 Å². The Labute approximate surface area is 103 Å². The molecule has 1 unspecified atom stereocenters. The van der Waals surface area contributed by atoms with Crippen LogP contribution >= 0.6 is 11.6 Å². The van der Waals surface area contributed by atoms with Gasteiger partial charge in [0.05, 0.1) is 7.11 Å². The van der Waals surface area contributed by atoms with Crippen molar-refractivity contribution in [3.05, 3.63) is 28.0 Å². The average Bonchev–Trinajstić information content (AvgIpc) is 2.25. The van der Waals surface area contributed by atoms with Crippen LogP contribution in [0.2, 0.25) is 5.02 Å². The van der Waals surface area contributed by atoms with Crippen LogP contribution in [0.3, 0.4) is 0 Å². The van der Waals surface area contributed by atoms with Crippen molar-refractivity contribution in [3.8, 4) is 5.75 Å². The van der Waals surface area contributed by atoms with Crippen molar-refractivity contribution in [2.75, 3.05) is 7.11 Å². The Kier molecular flexibility index (Phi) is 4.31. The van der Waals surface area contributed by atoms with Gasteiger partial charge in [0.2, 0.25) is 0 Å². The van der Waals surface area contributed by atoms with Gasteiger partial charge < -0.3 is 15.6 Å². The third-order valence-electron chi connectivity index (χ3n) is 2.50. The second-order valence-electron chi connectivity index (χ2n) is 3.63. The molecule has 0 bridgehead atoms. The van der Waals surface area contributed by atoms with Crippen molar-refractivity contribution in [2.45, 2.75) is 19.4 Å². The lowest BCUT2D eigenvalue weighted by molar-refractivity contribution is -0.138. The van der Waals surface area contributed by atoms with Gasteiger partial charge in [0, 0.05) is 17.0 Å². The molecule has 6 heteroatoms. The van der Waals surface area contributed by atoms with E-state index in [0.29, 0.717) is 11.1 Å². The molecule has 0 aliphatic carbocycles. The number of carbonyl (C=O) groups is 1. The van der Waals surface area contributed by atoms with Crippen molar-refractivity contribution in [1.82, 2.24) is 0 Å². The van der Waals surface area contributed by atoms with E-state index < -0.39 is 17.8 Å². The van der Waals surface area contributed by atoms with Gasteiger partial charge in [-0.1, -0.05) is 11.6 Å². The third-order valence-corrected chi connectivity index (χ3v) is 2.89. The van der Waals surface area contributed by atoms with Crippen molar-refractivity contribution < 1.29 is 19.0 Å². The highest BCUT2D eigenvalue weighted by atomic mass is 35.5. The molecule has 1 aromatic carbocycles. The first-order valence-electron chi connectivity index (χ1n) is 4.88. The molecule has 0 aliphatic rings. The molecule has 0 fully saturated rings. The number of carboxylic acid groups (broad SMARTS) is 1. The molecule has 0 spiro atoms. The van der Waals surface area contributed by atoms with Crippen LogP contribution in [0, 0.1) is 12.7 Å². The van der Waals surface area contributed by atoms with Gasteiger partial charge in [-0.3, -0.25) is 4.79 Å². The average molecular weight is 262 g/mol. The number of ether oxygens (including phenoxy) is 1. The minimum Gasteiger partial charge on any atom is -0.493 e. The van der Waals surface area contributed by atoms with Crippen LogP contribution in [0.4, 0.5) is 4.39 Å². The number of hydrogen-bond acceptors (Lipinski definition) is 3. The molecule has 0 saturated carbocycles. The van der Waals surface area contributed by atoms with Crippen molar-refractivity contribution in [1.29, 1.82) is 0 Å². The molecule has 0 aliphatic heterocycles. The summed E-state index contributed by atoms with van der Waals surface area (Å²) in [4.78, 5) is 10.7. The number of carboxylic acids is 1. The van der Waals surface area contributed by atoms with Crippen LogP contribution < -0.4 is 10.5 Å². The normalized spacial score (nSPS) is 12.3. The van der Waals surface area contributed by atoms with E-state index >= 15 is 0 Å². The van der Waals surface area contributed by atoms with Gasteiger partial charge in [0.1, 0.15) is 6.04 Å². The molecule has 0 amide bonds. The molecule has 94 valence electrons. The highest BCUT2D eigenvalue weighted by Crippen LogP contribution is 2.32. The van der Waals surface area contributed by atoms with Gasteiger partial charge in [-0.2, -0.15) is 0 Å². The SMILES string of the molecule is COc1c(F)cc(Cl)c(C)c1CC(N)C(=O)O. The van der Waals surface area contributed by atoms with E-state index in [1.165, 1.54) is 7.11 Å². The van der Waals surface area contributed by atoms with E-state index in [9.17, 15) is 9.18 Å². The van der Waals surface area contributed by atoms with E-state index in [2.05, 4.69) is 0 Å². The van der Waals surface area contributed by atoms with Crippen molar-refractivity contribution in [3.63, 3.8) is 0 Å². The van der Waals surface area contributed by atoms with E-state index in [-0.39, 0.29) is 17.2 Å². The topological polar surface area (TPSA) is 72.5 Å². The number of nitrogens with two attached hydrogens (primary N) is 1. The lowest BCUT2D eigenvalue weighted by Crippen LogP contribution is -2.32. The molecule has 0 aromatic heterocycles. The first-order valence-corrected chi connectivity index (χ1v) is 5.26. The van der Waals surface area contributed by atoms with Gasteiger partial charge in [-0.15, -0.1) is 0 Å². The van der Waals surface area contributed by atoms with E-state index in [0.717, 1.165) is 6.07 Å². The molecule has 1 aromatic rings. The summed E-state index contributed by atoms with van der Waals surface area (Å²) in [5, 5.41) is 8.96. The zero-order valence-corrected chi connectivity index (χ0v) is 10.2. The third kappa shape index (κ3) is 2.87. The summed E-state index contributed by atoms with van der Waals surface area (Å²) in [5.41, 5.74) is 6.37. The molecule has 0 saturated heterocycles. The summed E-state index contributed by atoms with van der Waals surface area (Å²) in [6.45, 7) is 1.66. The second-order valence-corrected chi connectivity index (χ2v) is 4.03. The van der Waals surface area contributed by atoms with Crippen LogP contribution in [-0.4, -0.2) is 24.2 Å². The lowest BCUT2D eigenvalue weighted by atomic mass is 10.00. The van der Waals surface area contributed by atoms with Gasteiger partial charge in [0.15, 0.2) is 11.6 Å². The van der Waals surface area contributed by atoms with E-state index in [1.54, 1.807) is 6.92 Å². The lowest BCUT2D eigenvalue weighted by Gasteiger charge is -2.15. The minimum absolute atomic E-state index is 0.0106. The molecular weight excluding hydrogens is 249 g/mol. The number of benzene rings is 1. The summed E-state index contributed by atoms with van der Waals surface area (Å²) >= 11 is 5.83. The summed E-state index contributed by atoms with van der Waals surface area (Å²) in [6, 6.07) is 0.00590. The largest absolute Gasteiger partial charge is 0.493 e. The Hall–Kier alpha value is -1.33. The Morgan fingerprint density at radius 1 is 1.71 bits per heavy atom. The molecule has 0 radical (unpaired) electrons. The quantitative estimate of drug-likeness (QED) is 0.866. The van der Waals surface area contributed by atoms with Crippen LogP contribution in [0.15, 0.2) is 6.07 Å². The van der Waals surface area contributed by atoms with E-state index in [4.69, 9.17) is 27.2 Å². The van der Waals surface area contributed by atoms with Crippen LogP contribution in [0.5, 0.6) is 5.75 Å². The fraction of sp³-hybridized carbons (Fsp3) is 0.364. The summed E-state index contributed by atoms with van der Waals surface area (Å²) in [5.74, 6) is -1.80. The first-order chi connectivity index (χ1) is 7.88. The van der Waals surface area contributed by atoms with Crippen molar-refractivity contribution in [2.24, 2.45) is 5.73 Å². The predicted molar refractivity (Wildman–Crippen MR) is 62.0 cm³/mol. The molecule has 3 N–H and O–H groups in total. The monoisotopic (exact) mass is 261 g/mol. The molecular formula is C11H13ClFNO3. The van der Waals surface area contributed by atoms with Crippen LogP contribution in [0.25, 0.3) is 0 Å². The molecule has 4 nitrogen and oxygen atoms in total. The Bertz CT molecular complexity index is 451. The molecule has 1 atom stereocenters. The standard InChI is InChI=1S/C11H13ClFNO3/c1-5-6(3-9(14)11(15)16)10(17-2)8(13)4-7(5)12/h4,9H,3,14H2,1-2H3,(H,15,16). The zero-order valence-electron chi connectivity index (χ0n) is 9.46. The van der Waals surface area contributed by atoms with Gasteiger partial charge >= 0.3 is 5.97 Å². The van der Waals surface area contributed by atoms with Gasteiger partial charge in [0.25, 0.3) is 0 Å². The van der Waals surface area contributed by atoms with E-state index in [1.807, 2.05) is 0 Å². The summed E-state index contributed by atoms with van der Waals surface area (Å²) in [7, 11) is 1.31. The smallest absolute Gasteiger partial charge is 0.320 e. The molecule has 0 heterocycles. The maximum absolute atomic E-state index is 13.5. The Balaban J connectivity index is 3.25. The fourth-order valence-electron chi connectivity index (χ4n) is 1.52. The number of methoxy groups -OCH3 is 1. The second kappa shape index (κ2) is 5.33. The van der Waals surface area contributed by atoms with Gasteiger partial charge in [-0.25, -0.2) is 4.39 Å². The maximum atomic E-state index is 13.5. The highest BCUT2D eigenvalue weighted by molar-refractivity contribution is 6.31. The first kappa shape index (κ1) is 13.7. The number of hydrogen-bond donors (Lipinski definition) is 2. The van der Waals surface area contributed by atoms with Crippen molar-refractivity contribution >= 4 is 17.6 Å². The van der Waals surface area contributed by atoms with Gasteiger partial charge in [-0.05, 0) is 18.6 Å². The summed E-state index contributed by atoms with van der Waals surface area (Å²) in [6.07, 6.45) is -0.0399. The Morgan fingerprint density at radius 2 is 2.29 bits per heavy atom. The highest BCUT2D eigenvalue weighted by Gasteiger charge is 2.21. The summed E-state index contributed by atoms with van der Waals surface area (Å²) < 4.78 is 18.5. The predicted octanol–water partition coefficient (Wildman–Crippen LogP) is 1.75. The zero-order chi connectivity index (χ0) is 13.2. The maximum Gasteiger partial charge on any atom is 0.320 e.